The maximum atomic E-state index is 12.7. The number of carboxylic acid groups (broad SMARTS) is 1. The molecular weight excluding hydrogens is 230 g/mol. The van der Waals surface area contributed by atoms with E-state index in [-0.39, 0.29) is 5.75 Å². The molecule has 0 aliphatic carbocycles. The number of carboxylic acids is 1. The third kappa shape index (κ3) is 4.01. The largest absolute Gasteiger partial charge is 0.487 e. The zero-order chi connectivity index (χ0) is 13.1. The van der Waals surface area contributed by atoms with Gasteiger partial charge < -0.3 is 9.84 Å². The lowest BCUT2D eigenvalue weighted by Crippen LogP contribution is -2.22. The Balaban J connectivity index is 2.89. The second-order valence-corrected chi connectivity index (χ2v) is 3.96. The zero-order valence-corrected chi connectivity index (χ0v) is 9.61. The first-order valence-electron chi connectivity index (χ1n) is 5.13. The van der Waals surface area contributed by atoms with Gasteiger partial charge in [0.25, 0.3) is 5.92 Å². The minimum Gasteiger partial charge on any atom is -0.487 e. The summed E-state index contributed by atoms with van der Waals surface area (Å²) in [7, 11) is 0. The molecule has 1 unspecified atom stereocenters. The van der Waals surface area contributed by atoms with Crippen molar-refractivity contribution in [2.24, 2.45) is 0 Å². The number of aliphatic carboxylic acids is 1. The Morgan fingerprint density at radius 2 is 2.06 bits per heavy atom. The monoisotopic (exact) mass is 244 g/mol. The highest BCUT2D eigenvalue weighted by molar-refractivity contribution is 5.76. The Bertz CT molecular complexity index is 399. The van der Waals surface area contributed by atoms with Crippen LogP contribution in [0.15, 0.2) is 24.3 Å². The molecule has 94 valence electrons. The normalized spacial score (nSPS) is 13.2. The molecule has 1 rings (SSSR count). The third-order valence-corrected chi connectivity index (χ3v) is 2.24. The average Bonchev–Trinajstić information content (AvgIpc) is 2.24. The van der Waals surface area contributed by atoms with Crippen molar-refractivity contribution in [3.05, 3.63) is 29.8 Å². The molecule has 0 fully saturated rings. The average molecular weight is 244 g/mol. The Hall–Kier alpha value is -1.65. The predicted octanol–water partition coefficient (Wildman–Crippen LogP) is 2.91. The Kier molecular flexibility index (Phi) is 4.04. The second-order valence-electron chi connectivity index (χ2n) is 3.96. The van der Waals surface area contributed by atoms with Crippen LogP contribution in [-0.2, 0) is 4.79 Å². The van der Waals surface area contributed by atoms with Crippen LogP contribution >= 0.6 is 0 Å². The topological polar surface area (TPSA) is 46.5 Å². The van der Waals surface area contributed by atoms with E-state index >= 15 is 0 Å². The molecule has 0 aliphatic rings. The van der Waals surface area contributed by atoms with E-state index in [1.54, 1.807) is 18.2 Å². The van der Waals surface area contributed by atoms with Crippen LogP contribution in [0.5, 0.6) is 5.75 Å². The molecule has 0 heterocycles. The molecule has 3 nitrogen and oxygen atoms in total. The number of benzene rings is 1. The fraction of sp³-hybridized carbons (Fsp3) is 0.417. The van der Waals surface area contributed by atoms with Crippen LogP contribution in [-0.4, -0.2) is 23.6 Å². The van der Waals surface area contributed by atoms with Crippen LogP contribution in [0, 0.1) is 0 Å². The third-order valence-electron chi connectivity index (χ3n) is 2.24. The lowest BCUT2D eigenvalue weighted by atomic mass is 10.0. The van der Waals surface area contributed by atoms with E-state index in [1.165, 1.54) is 13.0 Å². The number of hydrogen-bond acceptors (Lipinski definition) is 2. The zero-order valence-electron chi connectivity index (χ0n) is 9.61. The maximum absolute atomic E-state index is 12.7. The highest BCUT2D eigenvalue weighted by Crippen LogP contribution is 2.27. The molecule has 1 atom stereocenters. The first kappa shape index (κ1) is 13.4. The Morgan fingerprint density at radius 3 is 2.59 bits per heavy atom. The molecule has 1 aromatic rings. The van der Waals surface area contributed by atoms with Gasteiger partial charge in [-0.15, -0.1) is 0 Å². The number of halogens is 2. The van der Waals surface area contributed by atoms with Crippen molar-refractivity contribution < 1.29 is 23.4 Å². The van der Waals surface area contributed by atoms with E-state index in [1.807, 2.05) is 0 Å². The number of para-hydroxylation sites is 1. The summed E-state index contributed by atoms with van der Waals surface area (Å²) in [6, 6.07) is 6.30. The minimum absolute atomic E-state index is 0.184. The molecule has 0 spiro atoms. The molecular formula is C12H14F2O3. The van der Waals surface area contributed by atoms with Gasteiger partial charge in [-0.3, -0.25) is 4.79 Å². The van der Waals surface area contributed by atoms with Crippen molar-refractivity contribution in [1.29, 1.82) is 0 Å². The number of alkyl halides is 2. The first-order chi connectivity index (χ1) is 7.81. The SMILES string of the molecule is CC(C(=O)O)c1ccccc1OCC(C)(F)F. The van der Waals surface area contributed by atoms with Crippen molar-refractivity contribution >= 4 is 5.97 Å². The summed E-state index contributed by atoms with van der Waals surface area (Å²) in [6.45, 7) is 1.46. The van der Waals surface area contributed by atoms with Gasteiger partial charge in [0.2, 0.25) is 0 Å². The van der Waals surface area contributed by atoms with Crippen LogP contribution in [0.4, 0.5) is 8.78 Å². The van der Waals surface area contributed by atoms with Gasteiger partial charge >= 0.3 is 5.97 Å². The van der Waals surface area contributed by atoms with Gasteiger partial charge in [-0.1, -0.05) is 18.2 Å². The standard InChI is InChI=1S/C12H14F2O3/c1-8(11(15)16)9-5-3-4-6-10(9)17-7-12(2,13)14/h3-6,8H,7H2,1-2H3,(H,15,16). The number of ether oxygens (including phenoxy) is 1. The van der Waals surface area contributed by atoms with Gasteiger partial charge in [-0.05, 0) is 13.0 Å². The molecule has 0 radical (unpaired) electrons. The van der Waals surface area contributed by atoms with E-state index in [0.717, 1.165) is 6.92 Å². The maximum Gasteiger partial charge on any atom is 0.310 e. The van der Waals surface area contributed by atoms with Crippen molar-refractivity contribution in [2.45, 2.75) is 25.7 Å². The molecule has 17 heavy (non-hydrogen) atoms. The van der Waals surface area contributed by atoms with Crippen LogP contribution < -0.4 is 4.74 Å². The van der Waals surface area contributed by atoms with Crippen LogP contribution in [0.25, 0.3) is 0 Å². The molecule has 0 aromatic heterocycles. The summed E-state index contributed by atoms with van der Waals surface area (Å²) >= 11 is 0. The van der Waals surface area contributed by atoms with Crippen molar-refractivity contribution in [3.8, 4) is 5.75 Å². The molecule has 0 amide bonds. The van der Waals surface area contributed by atoms with Gasteiger partial charge in [0.1, 0.15) is 5.75 Å². The lowest BCUT2D eigenvalue weighted by Gasteiger charge is -2.16. The number of hydrogen-bond donors (Lipinski definition) is 1. The summed E-state index contributed by atoms with van der Waals surface area (Å²) in [6.07, 6.45) is 0. The van der Waals surface area contributed by atoms with Crippen LogP contribution in [0.1, 0.15) is 25.3 Å². The molecule has 0 bridgehead atoms. The van der Waals surface area contributed by atoms with Crippen molar-refractivity contribution in [3.63, 3.8) is 0 Å². The molecule has 0 saturated carbocycles. The fourth-order valence-corrected chi connectivity index (χ4v) is 1.31. The summed E-state index contributed by atoms with van der Waals surface area (Å²) < 4.78 is 30.3. The Labute approximate surface area is 98.0 Å². The van der Waals surface area contributed by atoms with Gasteiger partial charge in [-0.2, -0.15) is 0 Å². The van der Waals surface area contributed by atoms with Gasteiger partial charge in [0.05, 0.1) is 5.92 Å². The van der Waals surface area contributed by atoms with Gasteiger partial charge in [0.15, 0.2) is 6.61 Å². The highest BCUT2D eigenvalue weighted by atomic mass is 19.3. The van der Waals surface area contributed by atoms with E-state index in [4.69, 9.17) is 9.84 Å². The first-order valence-corrected chi connectivity index (χ1v) is 5.13. The van der Waals surface area contributed by atoms with Gasteiger partial charge in [0, 0.05) is 12.5 Å². The number of carbonyl (C=O) groups is 1. The summed E-state index contributed by atoms with van der Waals surface area (Å²) in [5.41, 5.74) is 0.393. The molecule has 0 aliphatic heterocycles. The summed E-state index contributed by atoms with van der Waals surface area (Å²) in [4.78, 5) is 10.8. The molecule has 0 saturated heterocycles. The van der Waals surface area contributed by atoms with E-state index in [9.17, 15) is 13.6 Å². The fourth-order valence-electron chi connectivity index (χ4n) is 1.31. The molecule has 5 heteroatoms. The van der Waals surface area contributed by atoms with Crippen LogP contribution in [0.2, 0.25) is 0 Å². The molecule has 1 aromatic carbocycles. The quantitative estimate of drug-likeness (QED) is 0.866. The number of rotatable bonds is 5. The van der Waals surface area contributed by atoms with Crippen molar-refractivity contribution in [2.75, 3.05) is 6.61 Å². The molecule has 1 N–H and O–H groups in total. The summed E-state index contributed by atoms with van der Waals surface area (Å²) in [5, 5.41) is 8.88. The highest BCUT2D eigenvalue weighted by Gasteiger charge is 2.24. The Morgan fingerprint density at radius 1 is 1.47 bits per heavy atom. The second kappa shape index (κ2) is 5.12. The smallest absolute Gasteiger partial charge is 0.310 e. The predicted molar refractivity (Wildman–Crippen MR) is 58.6 cm³/mol. The lowest BCUT2D eigenvalue weighted by molar-refractivity contribution is -0.138. The van der Waals surface area contributed by atoms with Crippen LogP contribution in [0.3, 0.4) is 0 Å². The van der Waals surface area contributed by atoms with Gasteiger partial charge in [-0.25, -0.2) is 8.78 Å². The van der Waals surface area contributed by atoms with E-state index < -0.39 is 24.4 Å². The summed E-state index contributed by atoms with van der Waals surface area (Å²) in [5.74, 6) is -4.58. The minimum atomic E-state index is -2.94. The van der Waals surface area contributed by atoms with E-state index in [0.29, 0.717) is 5.56 Å². The van der Waals surface area contributed by atoms with Crippen molar-refractivity contribution in [1.82, 2.24) is 0 Å². The van der Waals surface area contributed by atoms with E-state index in [2.05, 4.69) is 0 Å².